The predicted octanol–water partition coefficient (Wildman–Crippen LogP) is 3.58. The highest BCUT2D eigenvalue weighted by Gasteiger charge is 2.18. The summed E-state index contributed by atoms with van der Waals surface area (Å²) in [6, 6.07) is 3.16. The number of aryl methyl sites for hydroxylation is 1. The Morgan fingerprint density at radius 3 is 2.31 bits per heavy atom. The van der Waals surface area contributed by atoms with Gasteiger partial charge in [0.05, 0.1) is 0 Å². The summed E-state index contributed by atoms with van der Waals surface area (Å²) in [6.07, 6.45) is 0.788. The Morgan fingerprint density at radius 2 is 1.81 bits per heavy atom. The molecule has 16 heavy (non-hydrogen) atoms. The van der Waals surface area contributed by atoms with E-state index in [2.05, 4.69) is 19.2 Å². The summed E-state index contributed by atoms with van der Waals surface area (Å²) < 4.78 is 27.2. The monoisotopic (exact) mass is 227 g/mol. The van der Waals surface area contributed by atoms with Crippen LogP contribution < -0.4 is 5.32 Å². The van der Waals surface area contributed by atoms with E-state index in [0.717, 1.165) is 6.42 Å². The summed E-state index contributed by atoms with van der Waals surface area (Å²) in [5.41, 5.74) is 0.764. The summed E-state index contributed by atoms with van der Waals surface area (Å²) in [5.74, 6) is -1.03. The minimum atomic E-state index is -0.735. The van der Waals surface area contributed by atoms with E-state index >= 15 is 0 Å². The molecule has 1 rings (SSSR count). The minimum Gasteiger partial charge on any atom is -0.313 e. The highest BCUT2D eigenvalue weighted by Crippen LogP contribution is 2.26. The van der Waals surface area contributed by atoms with Crippen LogP contribution in [-0.4, -0.2) is 7.05 Å². The maximum absolute atomic E-state index is 13.7. The van der Waals surface area contributed by atoms with Crippen molar-refractivity contribution >= 4 is 0 Å². The molecule has 0 radical (unpaired) electrons. The Balaban J connectivity index is 3.06. The zero-order valence-electron chi connectivity index (χ0n) is 10.3. The van der Waals surface area contributed by atoms with Gasteiger partial charge in [-0.2, -0.15) is 0 Å². The Bertz CT molecular complexity index is 361. The average Bonchev–Trinajstić information content (AvgIpc) is 2.23. The molecular formula is C13H19F2N. The molecule has 0 fully saturated rings. The zero-order valence-corrected chi connectivity index (χ0v) is 10.3. The van der Waals surface area contributed by atoms with Crippen molar-refractivity contribution in [1.82, 2.24) is 5.32 Å². The lowest BCUT2D eigenvalue weighted by Crippen LogP contribution is -2.20. The maximum atomic E-state index is 13.7. The van der Waals surface area contributed by atoms with Crippen LogP contribution in [0.3, 0.4) is 0 Å². The van der Waals surface area contributed by atoms with Gasteiger partial charge in [0.2, 0.25) is 0 Å². The topological polar surface area (TPSA) is 12.0 Å². The lowest BCUT2D eigenvalue weighted by Gasteiger charge is -2.20. The average molecular weight is 227 g/mol. The van der Waals surface area contributed by atoms with Gasteiger partial charge in [-0.25, -0.2) is 8.78 Å². The Hall–Kier alpha value is -0.960. The van der Waals surface area contributed by atoms with Crippen LogP contribution in [0.1, 0.15) is 37.4 Å². The van der Waals surface area contributed by atoms with Gasteiger partial charge in [0.1, 0.15) is 0 Å². The van der Waals surface area contributed by atoms with Gasteiger partial charge >= 0.3 is 0 Å². The van der Waals surface area contributed by atoms with Crippen LogP contribution in [0, 0.1) is 24.5 Å². The summed E-state index contributed by atoms with van der Waals surface area (Å²) in [4.78, 5) is 0. The number of hydrogen-bond acceptors (Lipinski definition) is 1. The van der Waals surface area contributed by atoms with Crippen molar-refractivity contribution in [2.24, 2.45) is 5.92 Å². The molecule has 0 aliphatic heterocycles. The molecule has 0 aliphatic carbocycles. The van der Waals surface area contributed by atoms with Crippen LogP contribution in [0.5, 0.6) is 0 Å². The lowest BCUT2D eigenvalue weighted by atomic mass is 9.96. The van der Waals surface area contributed by atoms with Crippen molar-refractivity contribution in [1.29, 1.82) is 0 Å². The van der Waals surface area contributed by atoms with Crippen LogP contribution in [0.25, 0.3) is 0 Å². The molecule has 0 bridgehead atoms. The molecule has 0 aromatic heterocycles. The number of rotatable bonds is 4. The molecule has 1 nitrogen and oxygen atoms in total. The fourth-order valence-electron chi connectivity index (χ4n) is 1.80. The summed E-state index contributed by atoms with van der Waals surface area (Å²) >= 11 is 0. The maximum Gasteiger partial charge on any atom is 0.163 e. The van der Waals surface area contributed by atoms with Gasteiger partial charge in [-0.3, -0.25) is 0 Å². The van der Waals surface area contributed by atoms with Crippen molar-refractivity contribution in [2.75, 3.05) is 7.05 Å². The Labute approximate surface area is 95.9 Å². The normalized spacial score (nSPS) is 13.2. The van der Waals surface area contributed by atoms with E-state index in [1.165, 1.54) is 0 Å². The second kappa shape index (κ2) is 5.39. The third-order valence-electron chi connectivity index (χ3n) is 2.74. The van der Waals surface area contributed by atoms with Crippen LogP contribution in [0.2, 0.25) is 0 Å². The molecule has 0 spiro atoms. The SMILES string of the molecule is CNC(CC(C)C)c1ccc(C)c(F)c1F. The molecule has 0 heterocycles. The predicted molar refractivity (Wildman–Crippen MR) is 62.4 cm³/mol. The van der Waals surface area contributed by atoms with Gasteiger partial charge in [0.15, 0.2) is 11.6 Å². The first-order chi connectivity index (χ1) is 7.47. The fraction of sp³-hybridized carbons (Fsp3) is 0.538. The summed E-state index contributed by atoms with van der Waals surface area (Å²) in [7, 11) is 1.77. The number of halogens is 2. The Kier molecular flexibility index (Phi) is 4.42. The van der Waals surface area contributed by atoms with Gasteiger partial charge in [-0.1, -0.05) is 26.0 Å². The molecule has 0 saturated carbocycles. The summed E-state index contributed by atoms with van der Waals surface area (Å²) in [5, 5.41) is 3.03. The second-order valence-corrected chi connectivity index (χ2v) is 4.57. The molecular weight excluding hydrogens is 208 g/mol. The number of benzene rings is 1. The van der Waals surface area contributed by atoms with Crippen molar-refractivity contribution < 1.29 is 8.78 Å². The van der Waals surface area contributed by atoms with Crippen LogP contribution in [-0.2, 0) is 0 Å². The third-order valence-corrected chi connectivity index (χ3v) is 2.74. The quantitative estimate of drug-likeness (QED) is 0.829. The molecule has 1 aromatic carbocycles. The highest BCUT2D eigenvalue weighted by molar-refractivity contribution is 5.27. The number of nitrogens with one attached hydrogen (secondary N) is 1. The first-order valence-corrected chi connectivity index (χ1v) is 5.59. The smallest absolute Gasteiger partial charge is 0.163 e. The zero-order chi connectivity index (χ0) is 12.3. The van der Waals surface area contributed by atoms with E-state index in [1.54, 1.807) is 26.1 Å². The molecule has 90 valence electrons. The molecule has 3 heteroatoms. The van der Waals surface area contributed by atoms with Crippen molar-refractivity contribution in [3.05, 3.63) is 34.9 Å². The van der Waals surface area contributed by atoms with Gasteiger partial charge in [0, 0.05) is 11.6 Å². The van der Waals surface area contributed by atoms with Crippen molar-refractivity contribution in [2.45, 2.75) is 33.2 Å². The fourth-order valence-corrected chi connectivity index (χ4v) is 1.80. The van der Waals surface area contributed by atoms with E-state index in [1.807, 2.05) is 0 Å². The first kappa shape index (κ1) is 13.1. The molecule has 1 unspecified atom stereocenters. The second-order valence-electron chi connectivity index (χ2n) is 4.57. The standard InChI is InChI=1S/C13H19F2N/c1-8(2)7-11(16-4)10-6-5-9(3)12(14)13(10)15/h5-6,8,11,16H,7H2,1-4H3. The van der Waals surface area contributed by atoms with Gasteiger partial charge in [-0.15, -0.1) is 0 Å². The van der Waals surface area contributed by atoms with Gasteiger partial charge in [0.25, 0.3) is 0 Å². The van der Waals surface area contributed by atoms with E-state index in [-0.39, 0.29) is 6.04 Å². The molecule has 1 N–H and O–H groups in total. The van der Waals surface area contributed by atoms with E-state index in [9.17, 15) is 8.78 Å². The molecule has 1 aromatic rings. The van der Waals surface area contributed by atoms with Crippen molar-refractivity contribution in [3.8, 4) is 0 Å². The molecule has 1 atom stereocenters. The first-order valence-electron chi connectivity index (χ1n) is 5.59. The molecule has 0 aliphatic rings. The summed E-state index contributed by atoms with van der Waals surface area (Å²) in [6.45, 7) is 5.69. The van der Waals surface area contributed by atoms with Crippen molar-refractivity contribution in [3.63, 3.8) is 0 Å². The third kappa shape index (κ3) is 2.79. The van der Waals surface area contributed by atoms with Gasteiger partial charge in [-0.05, 0) is 31.9 Å². The van der Waals surface area contributed by atoms with E-state index in [0.29, 0.717) is 17.0 Å². The van der Waals surface area contributed by atoms with Crippen LogP contribution in [0.15, 0.2) is 12.1 Å². The minimum absolute atomic E-state index is 0.130. The Morgan fingerprint density at radius 1 is 1.19 bits per heavy atom. The molecule has 0 saturated heterocycles. The van der Waals surface area contributed by atoms with Crippen LogP contribution >= 0.6 is 0 Å². The lowest BCUT2D eigenvalue weighted by molar-refractivity contribution is 0.423. The largest absolute Gasteiger partial charge is 0.313 e. The van der Waals surface area contributed by atoms with Gasteiger partial charge < -0.3 is 5.32 Å². The van der Waals surface area contributed by atoms with E-state index in [4.69, 9.17) is 0 Å². The highest BCUT2D eigenvalue weighted by atomic mass is 19.2. The van der Waals surface area contributed by atoms with E-state index < -0.39 is 11.6 Å². The van der Waals surface area contributed by atoms with Crippen LogP contribution in [0.4, 0.5) is 8.78 Å². The number of hydrogen-bond donors (Lipinski definition) is 1. The molecule has 0 amide bonds.